The fourth-order valence-electron chi connectivity index (χ4n) is 4.08. The highest BCUT2D eigenvalue weighted by Crippen LogP contribution is 2.24. The van der Waals surface area contributed by atoms with Gasteiger partial charge in [-0.1, -0.05) is 36.9 Å². The van der Waals surface area contributed by atoms with E-state index in [4.69, 9.17) is 0 Å². The quantitative estimate of drug-likeness (QED) is 0.305. The van der Waals surface area contributed by atoms with Crippen LogP contribution in [0.2, 0.25) is 0 Å². The molecule has 0 saturated heterocycles. The van der Waals surface area contributed by atoms with E-state index in [1.54, 1.807) is 6.20 Å². The van der Waals surface area contributed by atoms with Crippen molar-refractivity contribution in [3.05, 3.63) is 104 Å². The molecule has 0 radical (unpaired) electrons. The van der Waals surface area contributed by atoms with Gasteiger partial charge in [-0.25, -0.2) is 9.97 Å². The number of benzene rings is 3. The average molecular weight is 488 g/mol. The van der Waals surface area contributed by atoms with E-state index in [0.717, 1.165) is 22.0 Å². The number of carbonyl (C=O) groups is 1. The maximum absolute atomic E-state index is 12.1. The number of fused-ring (bicyclic) bond motifs is 2. The first-order chi connectivity index (χ1) is 18.2. The van der Waals surface area contributed by atoms with Crippen LogP contribution in [-0.4, -0.2) is 40.4 Å². The molecule has 0 atom stereocenters. The van der Waals surface area contributed by atoms with E-state index in [1.807, 2.05) is 65.5 Å². The van der Waals surface area contributed by atoms with Crippen LogP contribution in [0.25, 0.3) is 21.8 Å². The molecule has 0 unspecified atom stereocenters. The molecule has 180 valence electrons. The summed E-state index contributed by atoms with van der Waals surface area (Å²) in [5.41, 5.74) is 4.42. The lowest BCUT2D eigenvalue weighted by molar-refractivity contribution is 0.0960. The minimum Gasteiger partial charge on any atom is -0.324 e. The molecule has 0 aliphatic carbocycles. The number of hydrogen-bond acceptors (Lipinski definition) is 8. The highest BCUT2D eigenvalue weighted by atomic mass is 16.2. The van der Waals surface area contributed by atoms with Crippen molar-refractivity contribution in [2.45, 2.75) is 6.54 Å². The first kappa shape index (κ1) is 22.1. The monoisotopic (exact) mass is 487 g/mol. The number of hydrogen-bond donors (Lipinski definition) is 2. The lowest BCUT2D eigenvalue weighted by Gasteiger charge is -2.09. The molecule has 6 aromatic rings. The summed E-state index contributed by atoms with van der Waals surface area (Å²) >= 11 is 0. The molecule has 2 N–H and O–H groups in total. The normalized spacial score (nSPS) is 11.0. The van der Waals surface area contributed by atoms with Gasteiger partial charge in [-0.3, -0.25) is 9.48 Å². The largest absolute Gasteiger partial charge is 0.324 e. The SMILES string of the molecule is C=CC(=O)n1ncc2ccc(Nc3ncnc(Nc4ccc5c(cnn5Cc5ccccc5)c4)n3)cc21. The van der Waals surface area contributed by atoms with Gasteiger partial charge in [0.2, 0.25) is 11.9 Å². The van der Waals surface area contributed by atoms with Crippen LogP contribution in [0.3, 0.4) is 0 Å². The van der Waals surface area contributed by atoms with E-state index >= 15 is 0 Å². The number of carbonyl (C=O) groups excluding carboxylic acids is 1. The van der Waals surface area contributed by atoms with Gasteiger partial charge in [0.05, 0.1) is 30.0 Å². The maximum atomic E-state index is 12.1. The minimum atomic E-state index is -0.304. The van der Waals surface area contributed by atoms with Crippen LogP contribution in [0.4, 0.5) is 23.3 Å². The Bertz CT molecular complexity index is 1750. The van der Waals surface area contributed by atoms with Crippen molar-refractivity contribution in [3.63, 3.8) is 0 Å². The third kappa shape index (κ3) is 4.50. The number of anilines is 4. The Kier molecular flexibility index (Phi) is 5.58. The smallest absolute Gasteiger partial charge is 0.270 e. The molecule has 0 spiro atoms. The van der Waals surface area contributed by atoms with Gasteiger partial charge in [0, 0.05) is 22.1 Å². The molecule has 6 rings (SSSR count). The summed E-state index contributed by atoms with van der Waals surface area (Å²) in [5, 5.41) is 16.9. The number of allylic oxidation sites excluding steroid dienone is 1. The van der Waals surface area contributed by atoms with Gasteiger partial charge in [-0.05, 0) is 48.0 Å². The van der Waals surface area contributed by atoms with Crippen LogP contribution in [0.1, 0.15) is 10.4 Å². The molecule has 0 saturated carbocycles. The van der Waals surface area contributed by atoms with Gasteiger partial charge >= 0.3 is 0 Å². The van der Waals surface area contributed by atoms with Crippen molar-refractivity contribution >= 4 is 51.0 Å². The Morgan fingerprint density at radius 2 is 1.57 bits per heavy atom. The summed E-state index contributed by atoms with van der Waals surface area (Å²) in [6, 6.07) is 21.8. The van der Waals surface area contributed by atoms with Crippen LogP contribution >= 0.6 is 0 Å². The minimum absolute atomic E-state index is 0.304. The first-order valence-corrected chi connectivity index (χ1v) is 11.5. The van der Waals surface area contributed by atoms with Crippen molar-refractivity contribution < 1.29 is 4.79 Å². The van der Waals surface area contributed by atoms with Crippen LogP contribution in [0.15, 0.2) is 98.1 Å². The maximum Gasteiger partial charge on any atom is 0.270 e. The van der Waals surface area contributed by atoms with Crippen LogP contribution in [-0.2, 0) is 6.54 Å². The number of rotatable bonds is 7. The predicted molar refractivity (Wildman–Crippen MR) is 142 cm³/mol. The van der Waals surface area contributed by atoms with E-state index in [1.165, 1.54) is 22.6 Å². The molecule has 10 heteroatoms. The third-order valence-corrected chi connectivity index (χ3v) is 5.86. The average Bonchev–Trinajstić information content (AvgIpc) is 3.53. The summed E-state index contributed by atoms with van der Waals surface area (Å²) in [6.45, 7) is 4.23. The van der Waals surface area contributed by atoms with Crippen molar-refractivity contribution in [2.24, 2.45) is 0 Å². The Hall–Kier alpha value is -5.38. The molecule has 0 bridgehead atoms. The summed E-state index contributed by atoms with van der Waals surface area (Å²) in [7, 11) is 0. The Morgan fingerprint density at radius 1 is 0.838 bits per heavy atom. The molecule has 0 aliphatic heterocycles. The Balaban J connectivity index is 1.20. The second-order valence-electron chi connectivity index (χ2n) is 8.32. The number of aromatic nitrogens is 7. The van der Waals surface area contributed by atoms with Crippen LogP contribution < -0.4 is 10.6 Å². The van der Waals surface area contributed by atoms with E-state index in [2.05, 4.69) is 54.5 Å². The van der Waals surface area contributed by atoms with Gasteiger partial charge in [0.25, 0.3) is 5.91 Å². The summed E-state index contributed by atoms with van der Waals surface area (Å²) in [6.07, 6.45) is 6.13. The highest BCUT2D eigenvalue weighted by Gasteiger charge is 2.10. The van der Waals surface area contributed by atoms with Gasteiger partial charge in [-0.15, -0.1) is 0 Å². The van der Waals surface area contributed by atoms with Gasteiger partial charge in [0.1, 0.15) is 6.33 Å². The number of nitrogens with one attached hydrogen (secondary N) is 2. The highest BCUT2D eigenvalue weighted by molar-refractivity contribution is 5.97. The lowest BCUT2D eigenvalue weighted by atomic mass is 10.2. The topological polar surface area (TPSA) is 115 Å². The molecule has 10 nitrogen and oxygen atoms in total. The van der Waals surface area contributed by atoms with Crippen molar-refractivity contribution in [3.8, 4) is 0 Å². The van der Waals surface area contributed by atoms with Gasteiger partial charge < -0.3 is 10.6 Å². The molecule has 0 aliphatic rings. The van der Waals surface area contributed by atoms with Crippen LogP contribution in [0, 0.1) is 0 Å². The van der Waals surface area contributed by atoms with E-state index in [-0.39, 0.29) is 5.91 Å². The molecule has 3 heterocycles. The fraction of sp³-hybridized carbons (Fsp3) is 0.0370. The fourth-order valence-corrected chi connectivity index (χ4v) is 4.08. The molecular formula is C27H21N9O. The van der Waals surface area contributed by atoms with Gasteiger partial charge in [-0.2, -0.15) is 19.9 Å². The zero-order valence-corrected chi connectivity index (χ0v) is 19.6. The lowest BCUT2D eigenvalue weighted by Crippen LogP contribution is -2.08. The Morgan fingerprint density at radius 3 is 2.35 bits per heavy atom. The van der Waals surface area contributed by atoms with Crippen molar-refractivity contribution in [1.82, 2.24) is 34.5 Å². The molecule has 3 aromatic carbocycles. The van der Waals surface area contributed by atoms with Gasteiger partial charge in [0.15, 0.2) is 0 Å². The molecule has 0 fully saturated rings. The van der Waals surface area contributed by atoms with E-state index in [9.17, 15) is 4.79 Å². The molecular weight excluding hydrogens is 466 g/mol. The zero-order valence-electron chi connectivity index (χ0n) is 19.6. The summed E-state index contributed by atoms with van der Waals surface area (Å²) in [4.78, 5) is 25.0. The van der Waals surface area contributed by atoms with E-state index in [0.29, 0.717) is 29.6 Å². The third-order valence-electron chi connectivity index (χ3n) is 5.86. The zero-order chi connectivity index (χ0) is 25.2. The molecule has 37 heavy (non-hydrogen) atoms. The summed E-state index contributed by atoms with van der Waals surface area (Å²) < 4.78 is 3.27. The molecule has 0 amide bonds. The molecule has 3 aromatic heterocycles. The first-order valence-electron chi connectivity index (χ1n) is 11.5. The van der Waals surface area contributed by atoms with Crippen LogP contribution in [0.5, 0.6) is 0 Å². The number of nitrogens with zero attached hydrogens (tertiary/aromatic N) is 7. The standard InChI is InChI=1S/C27H21N9O/c1-2-25(37)36-24-13-22(9-8-19(24)14-31-36)33-27-29-17-28-26(34-27)32-21-10-11-23-20(12-21)15-30-35(23)16-18-6-4-3-5-7-18/h2-15,17H,1,16H2,(H2,28,29,32,33,34). The van der Waals surface area contributed by atoms with E-state index < -0.39 is 0 Å². The summed E-state index contributed by atoms with van der Waals surface area (Å²) in [5.74, 6) is 0.442. The van der Waals surface area contributed by atoms with Crippen molar-refractivity contribution in [2.75, 3.05) is 10.6 Å². The second-order valence-corrected chi connectivity index (χ2v) is 8.32. The Labute approximate surface area is 211 Å². The second kappa shape index (κ2) is 9.34. The van der Waals surface area contributed by atoms with Crippen molar-refractivity contribution in [1.29, 1.82) is 0 Å². The predicted octanol–water partition coefficient (Wildman–Crippen LogP) is 4.93.